The van der Waals surface area contributed by atoms with Crippen LogP contribution in [-0.4, -0.2) is 0 Å². The average molecular weight is 280 g/mol. The van der Waals surface area contributed by atoms with E-state index in [1.807, 2.05) is 12.1 Å². The predicted molar refractivity (Wildman–Crippen MR) is 83.3 cm³/mol. The van der Waals surface area contributed by atoms with E-state index in [-0.39, 0.29) is 5.54 Å². The van der Waals surface area contributed by atoms with Crippen molar-refractivity contribution >= 4 is 11.6 Å². The molecule has 0 heterocycles. The van der Waals surface area contributed by atoms with Crippen molar-refractivity contribution in [2.45, 2.75) is 58.4 Å². The number of hydrogen-bond donors (Lipinski definition) is 1. The summed E-state index contributed by atoms with van der Waals surface area (Å²) in [5, 5.41) is 0.785. The molecule has 0 amide bonds. The van der Waals surface area contributed by atoms with Gasteiger partial charge in [0.2, 0.25) is 0 Å². The molecule has 1 aliphatic carbocycles. The molecule has 2 N–H and O–H groups in total. The van der Waals surface area contributed by atoms with Crippen molar-refractivity contribution in [3.8, 4) is 0 Å². The second kappa shape index (κ2) is 5.46. The highest BCUT2D eigenvalue weighted by molar-refractivity contribution is 6.30. The van der Waals surface area contributed by atoms with Crippen LogP contribution in [0.5, 0.6) is 0 Å². The second-order valence-electron chi connectivity index (χ2n) is 6.78. The first-order chi connectivity index (χ1) is 8.87. The monoisotopic (exact) mass is 279 g/mol. The van der Waals surface area contributed by atoms with Crippen LogP contribution in [0.4, 0.5) is 0 Å². The van der Waals surface area contributed by atoms with Gasteiger partial charge in [-0.1, -0.05) is 50.9 Å². The number of halogens is 1. The van der Waals surface area contributed by atoms with E-state index in [1.165, 1.54) is 24.8 Å². The molecule has 0 radical (unpaired) electrons. The minimum atomic E-state index is -0.148. The fourth-order valence-electron chi connectivity index (χ4n) is 3.27. The minimum Gasteiger partial charge on any atom is -0.321 e. The van der Waals surface area contributed by atoms with E-state index in [4.69, 9.17) is 17.3 Å². The summed E-state index contributed by atoms with van der Waals surface area (Å²) in [5.41, 5.74) is 8.17. The van der Waals surface area contributed by atoms with Crippen LogP contribution in [0, 0.1) is 11.3 Å². The maximum Gasteiger partial charge on any atom is 0.0409 e. The third-order valence-electron chi connectivity index (χ3n) is 5.31. The van der Waals surface area contributed by atoms with Gasteiger partial charge in [0.25, 0.3) is 0 Å². The quantitative estimate of drug-likeness (QED) is 0.816. The normalized spacial score (nSPS) is 28.4. The first-order valence-corrected chi connectivity index (χ1v) is 7.80. The Bertz CT molecular complexity index is 413. The Hall–Kier alpha value is -0.530. The smallest absolute Gasteiger partial charge is 0.0409 e. The summed E-state index contributed by atoms with van der Waals surface area (Å²) in [5.74, 6) is 0.807. The van der Waals surface area contributed by atoms with Crippen molar-refractivity contribution in [2.24, 2.45) is 17.1 Å². The molecule has 2 rings (SSSR count). The lowest BCUT2D eigenvalue weighted by molar-refractivity contribution is 0.115. The number of nitrogens with two attached hydrogens (primary N) is 1. The molecule has 1 saturated carbocycles. The Morgan fingerprint density at radius 3 is 2.21 bits per heavy atom. The highest BCUT2D eigenvalue weighted by Crippen LogP contribution is 2.45. The van der Waals surface area contributed by atoms with Gasteiger partial charge in [-0.15, -0.1) is 0 Å². The Morgan fingerprint density at radius 2 is 1.74 bits per heavy atom. The highest BCUT2D eigenvalue weighted by atomic mass is 35.5. The Labute approximate surface area is 122 Å². The Kier molecular flexibility index (Phi) is 4.27. The summed E-state index contributed by atoms with van der Waals surface area (Å²) < 4.78 is 0. The number of hydrogen-bond acceptors (Lipinski definition) is 1. The average Bonchev–Trinajstić information content (AvgIpc) is 2.40. The predicted octanol–water partition coefficient (Wildman–Crippen LogP) is 5.12. The van der Waals surface area contributed by atoms with Gasteiger partial charge in [-0.05, 0) is 54.7 Å². The zero-order chi connectivity index (χ0) is 14.1. The third-order valence-corrected chi connectivity index (χ3v) is 5.57. The summed E-state index contributed by atoms with van der Waals surface area (Å²) in [7, 11) is 0. The van der Waals surface area contributed by atoms with Gasteiger partial charge in [0.15, 0.2) is 0 Å². The van der Waals surface area contributed by atoms with Gasteiger partial charge < -0.3 is 5.73 Å². The first kappa shape index (κ1) is 14.9. The van der Waals surface area contributed by atoms with Crippen LogP contribution < -0.4 is 5.73 Å². The molecule has 0 unspecified atom stereocenters. The molecule has 1 fully saturated rings. The van der Waals surface area contributed by atoms with Crippen LogP contribution >= 0.6 is 11.6 Å². The van der Waals surface area contributed by atoms with E-state index in [1.54, 1.807) is 0 Å². The largest absolute Gasteiger partial charge is 0.321 e. The second-order valence-corrected chi connectivity index (χ2v) is 7.22. The third kappa shape index (κ3) is 3.14. The molecular formula is C17H26ClN. The van der Waals surface area contributed by atoms with Crippen LogP contribution in [0.3, 0.4) is 0 Å². The van der Waals surface area contributed by atoms with Gasteiger partial charge in [0, 0.05) is 10.6 Å². The summed E-state index contributed by atoms with van der Waals surface area (Å²) in [6.45, 7) is 7.08. The summed E-state index contributed by atoms with van der Waals surface area (Å²) in [4.78, 5) is 0. The molecule has 1 aliphatic rings. The van der Waals surface area contributed by atoms with Crippen LogP contribution in [-0.2, 0) is 5.54 Å². The molecule has 1 nitrogen and oxygen atoms in total. The molecule has 19 heavy (non-hydrogen) atoms. The molecule has 0 saturated heterocycles. The van der Waals surface area contributed by atoms with Crippen molar-refractivity contribution in [3.63, 3.8) is 0 Å². The summed E-state index contributed by atoms with van der Waals surface area (Å²) >= 11 is 5.96. The lowest BCUT2D eigenvalue weighted by Crippen LogP contribution is -2.42. The van der Waals surface area contributed by atoms with Crippen LogP contribution in [0.25, 0.3) is 0 Å². The van der Waals surface area contributed by atoms with Crippen molar-refractivity contribution in [1.82, 2.24) is 0 Å². The van der Waals surface area contributed by atoms with E-state index in [0.717, 1.165) is 23.8 Å². The van der Waals surface area contributed by atoms with Gasteiger partial charge in [-0.2, -0.15) is 0 Å². The van der Waals surface area contributed by atoms with E-state index >= 15 is 0 Å². The Balaban J connectivity index is 2.08. The lowest BCUT2D eigenvalue weighted by atomic mass is 9.64. The standard InChI is InChI=1S/C17H26ClN/c1-4-16(2,3)13-9-11-17(19,12-10-13)14-5-7-15(18)8-6-14/h5-8,13H,4,9-12,19H2,1-3H3. The summed E-state index contributed by atoms with van der Waals surface area (Å²) in [6, 6.07) is 8.09. The first-order valence-electron chi connectivity index (χ1n) is 7.42. The topological polar surface area (TPSA) is 26.0 Å². The van der Waals surface area contributed by atoms with Gasteiger partial charge in [-0.3, -0.25) is 0 Å². The van der Waals surface area contributed by atoms with Crippen molar-refractivity contribution in [2.75, 3.05) is 0 Å². The van der Waals surface area contributed by atoms with Crippen molar-refractivity contribution in [3.05, 3.63) is 34.9 Å². The van der Waals surface area contributed by atoms with Gasteiger partial charge in [0.1, 0.15) is 0 Å². The molecule has 0 aromatic heterocycles. The maximum atomic E-state index is 6.63. The molecule has 106 valence electrons. The van der Waals surface area contributed by atoms with E-state index in [0.29, 0.717) is 5.41 Å². The van der Waals surface area contributed by atoms with Crippen LogP contribution in [0.2, 0.25) is 5.02 Å². The van der Waals surface area contributed by atoms with E-state index < -0.39 is 0 Å². The van der Waals surface area contributed by atoms with Gasteiger partial charge in [-0.25, -0.2) is 0 Å². The van der Waals surface area contributed by atoms with Crippen molar-refractivity contribution < 1.29 is 0 Å². The molecule has 1 aromatic carbocycles. The van der Waals surface area contributed by atoms with Gasteiger partial charge >= 0.3 is 0 Å². The zero-order valence-corrected chi connectivity index (χ0v) is 13.1. The van der Waals surface area contributed by atoms with E-state index in [9.17, 15) is 0 Å². The molecule has 0 atom stereocenters. The lowest BCUT2D eigenvalue weighted by Gasteiger charge is -2.43. The maximum absolute atomic E-state index is 6.63. The minimum absolute atomic E-state index is 0.148. The summed E-state index contributed by atoms with van der Waals surface area (Å²) in [6.07, 6.45) is 5.89. The fourth-order valence-corrected chi connectivity index (χ4v) is 3.40. The fraction of sp³-hybridized carbons (Fsp3) is 0.647. The molecular weight excluding hydrogens is 254 g/mol. The van der Waals surface area contributed by atoms with Crippen molar-refractivity contribution in [1.29, 1.82) is 0 Å². The Morgan fingerprint density at radius 1 is 1.21 bits per heavy atom. The molecule has 0 spiro atoms. The zero-order valence-electron chi connectivity index (χ0n) is 12.4. The van der Waals surface area contributed by atoms with Crippen LogP contribution in [0.1, 0.15) is 58.4 Å². The van der Waals surface area contributed by atoms with E-state index in [2.05, 4.69) is 32.9 Å². The van der Waals surface area contributed by atoms with Crippen LogP contribution in [0.15, 0.2) is 24.3 Å². The number of benzene rings is 1. The van der Waals surface area contributed by atoms with Gasteiger partial charge in [0.05, 0.1) is 0 Å². The number of rotatable bonds is 3. The highest BCUT2D eigenvalue weighted by Gasteiger charge is 2.38. The molecule has 0 bridgehead atoms. The SMILES string of the molecule is CCC(C)(C)C1CCC(N)(c2ccc(Cl)cc2)CC1. The molecule has 0 aliphatic heterocycles. The molecule has 1 aromatic rings. The molecule has 2 heteroatoms.